The summed E-state index contributed by atoms with van der Waals surface area (Å²) in [6.07, 6.45) is 3.34. The van der Waals surface area contributed by atoms with E-state index in [1.54, 1.807) is 35.2 Å². The Kier molecular flexibility index (Phi) is 3.04. The molecular formula is C12H10N4S2. The average molecular weight is 274 g/mol. The number of hydrogen-bond acceptors (Lipinski definition) is 6. The van der Waals surface area contributed by atoms with Crippen LogP contribution in [0.4, 0.5) is 5.82 Å². The van der Waals surface area contributed by atoms with Crippen molar-refractivity contribution in [3.05, 3.63) is 39.7 Å². The number of rotatable bonds is 3. The van der Waals surface area contributed by atoms with E-state index in [1.807, 2.05) is 23.8 Å². The van der Waals surface area contributed by atoms with Crippen LogP contribution in [-0.4, -0.2) is 16.2 Å². The second-order valence-corrected chi connectivity index (χ2v) is 5.41. The van der Waals surface area contributed by atoms with Gasteiger partial charge in [-0.2, -0.15) is 16.4 Å². The van der Waals surface area contributed by atoms with E-state index in [-0.39, 0.29) is 0 Å². The molecule has 3 heterocycles. The van der Waals surface area contributed by atoms with Gasteiger partial charge in [-0.15, -0.1) is 11.3 Å². The molecule has 0 fully saturated rings. The van der Waals surface area contributed by atoms with Crippen LogP contribution in [0.1, 0.15) is 11.1 Å². The first kappa shape index (κ1) is 11.3. The zero-order chi connectivity index (χ0) is 12.4. The third-order valence-corrected chi connectivity index (χ3v) is 4.25. The molecule has 90 valence electrons. The number of hydrogen-bond donors (Lipinski definition) is 1. The van der Waals surface area contributed by atoms with Crippen LogP contribution in [0.2, 0.25) is 0 Å². The normalized spacial score (nSPS) is 11.4. The maximum absolute atomic E-state index is 4.27. The van der Waals surface area contributed by atoms with Crippen LogP contribution in [-0.2, 0) is 0 Å². The van der Waals surface area contributed by atoms with Crippen LogP contribution in [0.3, 0.4) is 0 Å². The molecule has 3 aromatic heterocycles. The van der Waals surface area contributed by atoms with Gasteiger partial charge in [-0.25, -0.2) is 9.97 Å². The van der Waals surface area contributed by atoms with Gasteiger partial charge in [0.15, 0.2) is 5.82 Å². The van der Waals surface area contributed by atoms with Crippen molar-refractivity contribution in [3.63, 3.8) is 0 Å². The predicted molar refractivity (Wildman–Crippen MR) is 77.7 cm³/mol. The number of aryl methyl sites for hydroxylation is 1. The highest BCUT2D eigenvalue weighted by Gasteiger charge is 2.06. The molecule has 0 saturated heterocycles. The molecule has 3 aromatic rings. The minimum absolute atomic E-state index is 0.754. The van der Waals surface area contributed by atoms with E-state index in [9.17, 15) is 0 Å². The molecule has 0 radical (unpaired) electrons. The highest BCUT2D eigenvalue weighted by Crippen LogP contribution is 2.28. The Labute approximate surface area is 112 Å². The molecule has 3 rings (SSSR count). The Bertz CT molecular complexity index is 685. The second kappa shape index (κ2) is 4.83. The van der Waals surface area contributed by atoms with Crippen molar-refractivity contribution in [1.29, 1.82) is 0 Å². The molecule has 4 nitrogen and oxygen atoms in total. The van der Waals surface area contributed by atoms with Crippen molar-refractivity contribution in [3.8, 4) is 0 Å². The zero-order valence-corrected chi connectivity index (χ0v) is 11.3. The van der Waals surface area contributed by atoms with Gasteiger partial charge in [0.1, 0.15) is 6.33 Å². The Morgan fingerprint density at radius 3 is 3.11 bits per heavy atom. The topological polar surface area (TPSA) is 50.2 Å². The number of thiophene rings is 2. The highest BCUT2D eigenvalue weighted by atomic mass is 32.1. The van der Waals surface area contributed by atoms with Gasteiger partial charge >= 0.3 is 0 Å². The van der Waals surface area contributed by atoms with Gasteiger partial charge in [-0.1, -0.05) is 0 Å². The number of nitrogens with zero attached hydrogens (tertiary/aromatic N) is 3. The van der Waals surface area contributed by atoms with E-state index in [4.69, 9.17) is 0 Å². The van der Waals surface area contributed by atoms with E-state index in [0.717, 1.165) is 21.6 Å². The molecule has 0 aliphatic carbocycles. The summed E-state index contributed by atoms with van der Waals surface area (Å²) in [5, 5.41) is 10.3. The summed E-state index contributed by atoms with van der Waals surface area (Å²) < 4.78 is 1.04. The molecule has 6 heteroatoms. The molecule has 0 saturated carbocycles. The Morgan fingerprint density at radius 2 is 2.28 bits per heavy atom. The van der Waals surface area contributed by atoms with Crippen LogP contribution in [0, 0.1) is 6.92 Å². The lowest BCUT2D eigenvalue weighted by molar-refractivity contribution is 1.18. The van der Waals surface area contributed by atoms with Gasteiger partial charge in [0, 0.05) is 5.56 Å². The van der Waals surface area contributed by atoms with Crippen LogP contribution < -0.4 is 5.43 Å². The van der Waals surface area contributed by atoms with E-state index in [0.29, 0.717) is 0 Å². The van der Waals surface area contributed by atoms with Crippen molar-refractivity contribution in [2.24, 2.45) is 5.10 Å². The Morgan fingerprint density at radius 1 is 1.33 bits per heavy atom. The number of aromatic nitrogens is 2. The molecular weight excluding hydrogens is 264 g/mol. The molecule has 0 aromatic carbocycles. The fourth-order valence-electron chi connectivity index (χ4n) is 1.57. The third kappa shape index (κ3) is 2.12. The lowest BCUT2D eigenvalue weighted by atomic mass is 10.3. The quantitative estimate of drug-likeness (QED) is 0.587. The van der Waals surface area contributed by atoms with E-state index in [2.05, 4.69) is 25.9 Å². The van der Waals surface area contributed by atoms with Crippen molar-refractivity contribution in [1.82, 2.24) is 9.97 Å². The van der Waals surface area contributed by atoms with Gasteiger partial charge in [0.2, 0.25) is 0 Å². The highest BCUT2D eigenvalue weighted by molar-refractivity contribution is 7.18. The predicted octanol–water partition coefficient (Wildman–Crippen LogP) is 3.51. The number of nitrogens with one attached hydrogen (secondary N) is 1. The SMILES string of the molecule is Cc1csc2c(N/N=C/c3ccsc3)ncnc12. The molecule has 0 spiro atoms. The number of anilines is 1. The lowest BCUT2D eigenvalue weighted by Gasteiger charge is -1.99. The van der Waals surface area contributed by atoms with Crippen molar-refractivity contribution < 1.29 is 0 Å². The van der Waals surface area contributed by atoms with Gasteiger partial charge < -0.3 is 0 Å². The molecule has 18 heavy (non-hydrogen) atoms. The maximum atomic E-state index is 4.27. The summed E-state index contributed by atoms with van der Waals surface area (Å²) >= 11 is 3.28. The fraction of sp³-hybridized carbons (Fsp3) is 0.0833. The summed E-state index contributed by atoms with van der Waals surface area (Å²) in [6.45, 7) is 2.05. The molecule has 1 N–H and O–H groups in total. The molecule has 0 aliphatic heterocycles. The van der Waals surface area contributed by atoms with Gasteiger partial charge in [-0.3, -0.25) is 5.43 Å². The molecule has 0 unspecified atom stereocenters. The first-order valence-corrected chi connectivity index (χ1v) is 7.17. The molecule has 0 aliphatic rings. The van der Waals surface area contributed by atoms with Crippen molar-refractivity contribution in [2.45, 2.75) is 6.92 Å². The maximum Gasteiger partial charge on any atom is 0.167 e. The summed E-state index contributed by atoms with van der Waals surface area (Å²) in [4.78, 5) is 8.48. The summed E-state index contributed by atoms with van der Waals surface area (Å²) in [6, 6.07) is 2.01. The standard InChI is InChI=1S/C12H10N4S2/c1-8-5-18-11-10(8)13-7-14-12(11)16-15-4-9-2-3-17-6-9/h2-7H,1H3,(H,13,14,16)/b15-4+. The van der Waals surface area contributed by atoms with Crippen LogP contribution in [0.5, 0.6) is 0 Å². The molecule has 0 amide bonds. The van der Waals surface area contributed by atoms with Gasteiger partial charge in [-0.05, 0) is 34.7 Å². The third-order valence-electron chi connectivity index (χ3n) is 2.46. The Balaban J connectivity index is 1.87. The summed E-state index contributed by atoms with van der Waals surface area (Å²) in [7, 11) is 0. The molecule has 0 bridgehead atoms. The summed E-state index contributed by atoms with van der Waals surface area (Å²) in [5.74, 6) is 0.754. The minimum atomic E-state index is 0.754. The van der Waals surface area contributed by atoms with Crippen molar-refractivity contribution in [2.75, 3.05) is 5.43 Å². The molecule has 0 atom stereocenters. The van der Waals surface area contributed by atoms with Crippen LogP contribution >= 0.6 is 22.7 Å². The smallest absolute Gasteiger partial charge is 0.167 e. The fourth-order valence-corrected chi connectivity index (χ4v) is 3.12. The monoisotopic (exact) mass is 274 g/mol. The Hall–Kier alpha value is -1.79. The van der Waals surface area contributed by atoms with E-state index in [1.165, 1.54) is 5.56 Å². The first-order chi connectivity index (χ1) is 8.84. The van der Waals surface area contributed by atoms with Gasteiger partial charge in [0.25, 0.3) is 0 Å². The largest absolute Gasteiger partial charge is 0.260 e. The summed E-state index contributed by atoms with van der Waals surface area (Å²) in [5.41, 5.74) is 6.21. The second-order valence-electron chi connectivity index (χ2n) is 3.75. The number of hydrazone groups is 1. The van der Waals surface area contributed by atoms with E-state index < -0.39 is 0 Å². The van der Waals surface area contributed by atoms with Crippen LogP contribution in [0.25, 0.3) is 10.2 Å². The average Bonchev–Trinajstić information content (AvgIpc) is 3.01. The zero-order valence-electron chi connectivity index (χ0n) is 9.62. The number of fused-ring (bicyclic) bond motifs is 1. The van der Waals surface area contributed by atoms with Gasteiger partial charge in [0.05, 0.1) is 16.4 Å². The minimum Gasteiger partial charge on any atom is -0.260 e. The van der Waals surface area contributed by atoms with E-state index >= 15 is 0 Å². The lowest BCUT2D eigenvalue weighted by Crippen LogP contribution is -1.94. The van der Waals surface area contributed by atoms with Crippen molar-refractivity contribution >= 4 is 44.9 Å². The first-order valence-electron chi connectivity index (χ1n) is 5.34. The van der Waals surface area contributed by atoms with Crippen LogP contribution in [0.15, 0.2) is 33.6 Å².